The highest BCUT2D eigenvalue weighted by Gasteiger charge is 2.36. The lowest BCUT2D eigenvalue weighted by Gasteiger charge is -2.42. The molecule has 2 aromatic carbocycles. The lowest BCUT2D eigenvalue weighted by atomic mass is 9.80. The molecule has 1 atom stereocenters. The number of rotatable bonds is 8. The Balaban J connectivity index is 1.42. The molecule has 2 fully saturated rings. The van der Waals surface area contributed by atoms with Crippen LogP contribution in [0.1, 0.15) is 78.5 Å². The topological polar surface area (TPSA) is 75.7 Å². The largest absolute Gasteiger partial charge is 0.493 e. The SMILES string of the molecule is C[C@@H](c1cc(Cl)cc(C(F)(F)F)c1)N1CCC(C)(COc2cc(F)c(C(=O)NS(C)(=O)=O)cc2C2CC2)CC1. The summed E-state index contributed by atoms with van der Waals surface area (Å²) in [5.74, 6) is -1.45. The molecule has 1 saturated carbocycles. The van der Waals surface area contributed by atoms with Crippen molar-refractivity contribution >= 4 is 27.5 Å². The van der Waals surface area contributed by atoms with Crippen molar-refractivity contribution in [3.8, 4) is 5.75 Å². The molecule has 39 heavy (non-hydrogen) atoms. The molecule has 2 aromatic rings. The summed E-state index contributed by atoms with van der Waals surface area (Å²) < 4.78 is 85.3. The Morgan fingerprint density at radius 2 is 1.82 bits per heavy atom. The van der Waals surface area contributed by atoms with Gasteiger partial charge >= 0.3 is 6.18 Å². The third kappa shape index (κ3) is 7.43. The van der Waals surface area contributed by atoms with E-state index in [-0.39, 0.29) is 28.0 Å². The van der Waals surface area contributed by atoms with Gasteiger partial charge in [-0.2, -0.15) is 13.2 Å². The van der Waals surface area contributed by atoms with Gasteiger partial charge < -0.3 is 4.74 Å². The van der Waals surface area contributed by atoms with E-state index < -0.39 is 33.5 Å². The molecule has 12 heteroatoms. The monoisotopic (exact) mass is 590 g/mol. The van der Waals surface area contributed by atoms with Crippen LogP contribution in [-0.2, 0) is 16.2 Å². The van der Waals surface area contributed by atoms with E-state index in [0.29, 0.717) is 49.4 Å². The number of ether oxygens (including phenoxy) is 1. The number of carbonyl (C=O) groups excluding carboxylic acids is 1. The maximum Gasteiger partial charge on any atom is 0.416 e. The Labute approximate surface area is 230 Å². The highest BCUT2D eigenvalue weighted by molar-refractivity contribution is 7.89. The highest BCUT2D eigenvalue weighted by atomic mass is 35.5. The fourth-order valence-corrected chi connectivity index (χ4v) is 5.57. The van der Waals surface area contributed by atoms with Gasteiger partial charge in [-0.1, -0.05) is 18.5 Å². The molecule has 1 aliphatic heterocycles. The summed E-state index contributed by atoms with van der Waals surface area (Å²) in [7, 11) is -3.85. The minimum atomic E-state index is -4.48. The first-order valence-electron chi connectivity index (χ1n) is 12.6. The van der Waals surface area contributed by atoms with E-state index in [0.717, 1.165) is 37.3 Å². The zero-order chi connectivity index (χ0) is 28.8. The summed E-state index contributed by atoms with van der Waals surface area (Å²) in [6.45, 7) is 5.46. The molecular formula is C27H31ClF4N2O4S. The summed E-state index contributed by atoms with van der Waals surface area (Å²) in [5, 5.41) is 0.0421. The number of likely N-dealkylation sites (tertiary alicyclic amines) is 1. The van der Waals surface area contributed by atoms with Crippen LogP contribution in [0, 0.1) is 11.2 Å². The Morgan fingerprint density at radius 1 is 1.18 bits per heavy atom. The fraction of sp³-hybridized carbons (Fsp3) is 0.519. The van der Waals surface area contributed by atoms with Gasteiger partial charge in [-0.15, -0.1) is 0 Å². The van der Waals surface area contributed by atoms with Crippen LogP contribution in [-0.4, -0.2) is 45.2 Å². The molecule has 0 unspecified atom stereocenters. The number of benzene rings is 2. The summed E-state index contributed by atoms with van der Waals surface area (Å²) in [6.07, 6.45) is -0.521. The van der Waals surface area contributed by atoms with Crippen LogP contribution in [0.2, 0.25) is 5.02 Å². The minimum Gasteiger partial charge on any atom is -0.493 e. The number of hydrogen-bond donors (Lipinski definition) is 1. The van der Waals surface area contributed by atoms with E-state index in [2.05, 4.69) is 11.8 Å². The van der Waals surface area contributed by atoms with Crippen LogP contribution in [0.15, 0.2) is 30.3 Å². The van der Waals surface area contributed by atoms with Crippen LogP contribution >= 0.6 is 11.6 Å². The molecule has 0 radical (unpaired) electrons. The average Bonchev–Trinajstić information content (AvgIpc) is 3.66. The first-order chi connectivity index (χ1) is 18.0. The summed E-state index contributed by atoms with van der Waals surface area (Å²) >= 11 is 5.98. The van der Waals surface area contributed by atoms with Crippen molar-refractivity contribution in [1.29, 1.82) is 0 Å². The lowest BCUT2D eigenvalue weighted by molar-refractivity contribution is -0.137. The second-order valence-corrected chi connectivity index (χ2v) is 13.1. The van der Waals surface area contributed by atoms with Gasteiger partial charge in [0.25, 0.3) is 5.91 Å². The van der Waals surface area contributed by atoms with Crippen molar-refractivity contribution in [3.63, 3.8) is 0 Å². The minimum absolute atomic E-state index is 0.0421. The fourth-order valence-electron chi connectivity index (χ4n) is 4.88. The lowest BCUT2D eigenvalue weighted by Crippen LogP contribution is -2.42. The molecule has 0 spiro atoms. The van der Waals surface area contributed by atoms with E-state index in [1.54, 1.807) is 10.8 Å². The van der Waals surface area contributed by atoms with Crippen LogP contribution in [0.4, 0.5) is 17.6 Å². The molecule has 2 aliphatic rings. The summed E-state index contributed by atoms with van der Waals surface area (Å²) in [6, 6.07) is 5.87. The first-order valence-corrected chi connectivity index (χ1v) is 14.9. The van der Waals surface area contributed by atoms with Crippen molar-refractivity contribution in [3.05, 3.63) is 63.4 Å². The predicted molar refractivity (Wildman–Crippen MR) is 140 cm³/mol. The number of halogens is 5. The molecule has 1 saturated heterocycles. The van der Waals surface area contributed by atoms with E-state index in [9.17, 15) is 30.8 Å². The molecule has 1 N–H and O–H groups in total. The zero-order valence-electron chi connectivity index (χ0n) is 21.9. The number of nitrogens with zero attached hydrogens (tertiary/aromatic N) is 1. The van der Waals surface area contributed by atoms with Crippen LogP contribution in [0.5, 0.6) is 5.75 Å². The van der Waals surface area contributed by atoms with Crippen LogP contribution in [0.3, 0.4) is 0 Å². The average molecular weight is 591 g/mol. The van der Waals surface area contributed by atoms with Gasteiger partial charge in [0.05, 0.1) is 24.0 Å². The maximum absolute atomic E-state index is 14.8. The van der Waals surface area contributed by atoms with Gasteiger partial charge in [-0.3, -0.25) is 9.69 Å². The van der Waals surface area contributed by atoms with Crippen molar-refractivity contribution in [2.45, 2.75) is 57.7 Å². The molecule has 0 bridgehead atoms. The molecular weight excluding hydrogens is 560 g/mol. The third-order valence-corrected chi connectivity index (χ3v) is 8.27. The number of alkyl halides is 3. The van der Waals surface area contributed by atoms with Gasteiger partial charge in [0, 0.05) is 22.5 Å². The molecule has 214 valence electrons. The number of piperidine rings is 1. The summed E-state index contributed by atoms with van der Waals surface area (Å²) in [4.78, 5) is 14.4. The molecule has 1 amide bonds. The van der Waals surface area contributed by atoms with E-state index in [1.807, 2.05) is 6.92 Å². The van der Waals surface area contributed by atoms with Gasteiger partial charge in [-0.05, 0) is 87.0 Å². The van der Waals surface area contributed by atoms with Crippen molar-refractivity contribution in [2.75, 3.05) is 26.0 Å². The van der Waals surface area contributed by atoms with Gasteiger partial charge in [-0.25, -0.2) is 17.5 Å². The normalized spacial score (nSPS) is 19.0. The molecule has 4 rings (SSSR count). The third-order valence-electron chi connectivity index (χ3n) is 7.50. The Morgan fingerprint density at radius 3 is 2.38 bits per heavy atom. The van der Waals surface area contributed by atoms with Crippen LogP contribution in [0.25, 0.3) is 0 Å². The standard InChI is InChI=1S/C27H31ClF4N2O4S/c1-16(18-10-19(27(30,31)32)12-20(28)11-18)34-8-6-26(2,7-9-34)15-38-24-14-23(29)22(13-21(24)17-4-5-17)25(35)33-39(3,36)37/h10-14,16-17H,4-9,15H2,1-3H3,(H,33,35)/t16-/m0/s1. The predicted octanol–water partition coefficient (Wildman–Crippen LogP) is 6.31. The Hall–Kier alpha value is -2.37. The first kappa shape index (κ1) is 29.6. The number of amides is 1. The molecule has 0 aromatic heterocycles. The zero-order valence-corrected chi connectivity index (χ0v) is 23.4. The van der Waals surface area contributed by atoms with Crippen molar-refractivity contribution in [2.24, 2.45) is 5.41 Å². The van der Waals surface area contributed by atoms with Gasteiger partial charge in [0.1, 0.15) is 11.6 Å². The molecule has 1 aliphatic carbocycles. The van der Waals surface area contributed by atoms with E-state index in [1.165, 1.54) is 6.07 Å². The Bertz CT molecular complexity index is 1350. The second-order valence-electron chi connectivity index (χ2n) is 10.9. The Kier molecular flexibility index (Phi) is 8.27. The van der Waals surface area contributed by atoms with E-state index in [4.69, 9.17) is 16.3 Å². The van der Waals surface area contributed by atoms with Gasteiger partial charge in [0.2, 0.25) is 10.0 Å². The smallest absolute Gasteiger partial charge is 0.416 e. The quantitative estimate of drug-likeness (QED) is 0.365. The molecule has 1 heterocycles. The van der Waals surface area contributed by atoms with Gasteiger partial charge in [0.15, 0.2) is 0 Å². The number of sulfonamides is 1. The maximum atomic E-state index is 14.8. The molecule has 6 nitrogen and oxygen atoms in total. The highest BCUT2D eigenvalue weighted by Crippen LogP contribution is 2.46. The summed E-state index contributed by atoms with van der Waals surface area (Å²) in [5.41, 5.74) is -0.209. The van der Waals surface area contributed by atoms with Crippen molar-refractivity contribution < 1.29 is 35.5 Å². The van der Waals surface area contributed by atoms with Crippen LogP contribution < -0.4 is 9.46 Å². The van der Waals surface area contributed by atoms with Crippen molar-refractivity contribution in [1.82, 2.24) is 9.62 Å². The van der Waals surface area contributed by atoms with E-state index >= 15 is 0 Å². The second kappa shape index (κ2) is 10.9. The number of nitrogens with one attached hydrogen (secondary N) is 1. The number of carbonyl (C=O) groups is 1. The number of hydrogen-bond acceptors (Lipinski definition) is 5.